The smallest absolute Gasteiger partial charge is 0.194 e. The van der Waals surface area contributed by atoms with Crippen LogP contribution in [-0.2, 0) is 6.54 Å². The van der Waals surface area contributed by atoms with Crippen molar-refractivity contribution in [3.8, 4) is 0 Å². The fourth-order valence-electron chi connectivity index (χ4n) is 1.75. The van der Waals surface area contributed by atoms with E-state index in [0.29, 0.717) is 0 Å². The van der Waals surface area contributed by atoms with Gasteiger partial charge in [-0.05, 0) is 25.8 Å². The second kappa shape index (κ2) is 4.97. The van der Waals surface area contributed by atoms with Crippen molar-refractivity contribution in [2.45, 2.75) is 33.7 Å². The Morgan fingerprint density at radius 3 is 3.06 bits per heavy atom. The Hall–Kier alpha value is -0.870. The van der Waals surface area contributed by atoms with E-state index in [0.717, 1.165) is 29.7 Å². The van der Waals surface area contributed by atoms with Crippen LogP contribution in [0.4, 0.5) is 0 Å². The Morgan fingerprint density at radius 2 is 2.31 bits per heavy atom. The summed E-state index contributed by atoms with van der Waals surface area (Å²) in [6.45, 7) is 8.58. The zero-order valence-corrected chi connectivity index (χ0v) is 11.0. The Bertz CT molecular complexity index is 456. The lowest BCUT2D eigenvalue weighted by atomic mass is 10.1. The molecule has 4 heteroatoms. The van der Waals surface area contributed by atoms with Gasteiger partial charge in [-0.15, -0.1) is 11.3 Å². The summed E-state index contributed by atoms with van der Waals surface area (Å²) in [5.41, 5.74) is 2.43. The Morgan fingerprint density at radius 1 is 1.50 bits per heavy atom. The summed E-state index contributed by atoms with van der Waals surface area (Å²) in [5.74, 6) is 0.764. The number of hydrogen-bond acceptors (Lipinski definition) is 3. The number of thiazole rings is 1. The first kappa shape index (κ1) is 11.6. The Kier molecular flexibility index (Phi) is 3.61. The molecule has 0 aliphatic heterocycles. The van der Waals surface area contributed by atoms with Gasteiger partial charge >= 0.3 is 0 Å². The number of aromatic nitrogens is 2. The molecule has 0 aromatic carbocycles. The predicted octanol–water partition coefficient (Wildman–Crippen LogP) is 2.84. The van der Waals surface area contributed by atoms with Crippen LogP contribution in [0, 0.1) is 12.8 Å². The first-order valence-electron chi connectivity index (χ1n) is 5.80. The van der Waals surface area contributed by atoms with Crippen molar-refractivity contribution < 1.29 is 0 Å². The maximum atomic E-state index is 4.53. The summed E-state index contributed by atoms with van der Waals surface area (Å²) in [4.78, 5) is 5.62. The quantitative estimate of drug-likeness (QED) is 0.810. The maximum absolute atomic E-state index is 4.53. The molecule has 0 spiro atoms. The molecule has 0 saturated carbocycles. The van der Waals surface area contributed by atoms with Crippen LogP contribution in [0.5, 0.6) is 0 Å². The van der Waals surface area contributed by atoms with Crippen molar-refractivity contribution >= 4 is 16.3 Å². The largest absolute Gasteiger partial charge is 0.311 e. The van der Waals surface area contributed by atoms with Crippen LogP contribution in [0.3, 0.4) is 0 Å². The fourth-order valence-corrected chi connectivity index (χ4v) is 2.53. The number of nitrogens with one attached hydrogen (secondary N) is 1. The van der Waals surface area contributed by atoms with Crippen LogP contribution in [-0.4, -0.2) is 15.9 Å². The lowest BCUT2D eigenvalue weighted by molar-refractivity contribution is 0.534. The zero-order valence-electron chi connectivity index (χ0n) is 10.2. The monoisotopic (exact) mass is 237 g/mol. The normalized spacial score (nSPS) is 11.8. The van der Waals surface area contributed by atoms with E-state index in [1.807, 2.05) is 0 Å². The number of hydrogen-bond donors (Lipinski definition) is 1. The molecule has 0 bridgehead atoms. The lowest BCUT2D eigenvalue weighted by Crippen LogP contribution is -2.17. The van der Waals surface area contributed by atoms with Crippen molar-refractivity contribution in [3.63, 3.8) is 0 Å². The highest BCUT2D eigenvalue weighted by atomic mass is 32.1. The fraction of sp³-hybridized carbons (Fsp3) is 0.583. The van der Waals surface area contributed by atoms with Gasteiger partial charge in [0.1, 0.15) is 0 Å². The van der Waals surface area contributed by atoms with Crippen LogP contribution in [0.15, 0.2) is 11.6 Å². The molecule has 0 radical (unpaired) electrons. The van der Waals surface area contributed by atoms with Gasteiger partial charge in [0, 0.05) is 18.1 Å². The van der Waals surface area contributed by atoms with E-state index in [1.165, 1.54) is 12.1 Å². The van der Waals surface area contributed by atoms with E-state index in [-0.39, 0.29) is 0 Å². The van der Waals surface area contributed by atoms with Gasteiger partial charge < -0.3 is 5.32 Å². The molecule has 0 fully saturated rings. The van der Waals surface area contributed by atoms with E-state index in [1.54, 1.807) is 11.3 Å². The van der Waals surface area contributed by atoms with Crippen molar-refractivity contribution in [2.24, 2.45) is 5.92 Å². The van der Waals surface area contributed by atoms with Gasteiger partial charge in [0.25, 0.3) is 0 Å². The third-order valence-electron chi connectivity index (χ3n) is 2.75. The average Bonchev–Trinajstić information content (AvgIpc) is 2.74. The molecular formula is C12H19N3S. The Labute approximate surface area is 101 Å². The molecular weight excluding hydrogens is 218 g/mol. The van der Waals surface area contributed by atoms with E-state index >= 15 is 0 Å². The predicted molar refractivity (Wildman–Crippen MR) is 69.0 cm³/mol. The van der Waals surface area contributed by atoms with E-state index in [4.69, 9.17) is 0 Å². The van der Waals surface area contributed by atoms with Crippen LogP contribution >= 0.6 is 11.3 Å². The maximum Gasteiger partial charge on any atom is 0.194 e. The van der Waals surface area contributed by atoms with Gasteiger partial charge in [-0.1, -0.05) is 13.8 Å². The van der Waals surface area contributed by atoms with Crippen molar-refractivity contribution in [3.05, 3.63) is 23.0 Å². The standard InChI is InChI=1S/C12H19N3S/c1-9(2)4-5-13-8-11-10(3)14-12-15(11)6-7-16-12/h6-7,9,13H,4-5,8H2,1-3H3. The molecule has 0 aliphatic carbocycles. The summed E-state index contributed by atoms with van der Waals surface area (Å²) in [7, 11) is 0. The molecule has 0 unspecified atom stereocenters. The van der Waals surface area contributed by atoms with Crippen molar-refractivity contribution in [2.75, 3.05) is 6.54 Å². The van der Waals surface area contributed by atoms with E-state index in [2.05, 4.69) is 47.0 Å². The summed E-state index contributed by atoms with van der Waals surface area (Å²) in [6.07, 6.45) is 3.32. The minimum absolute atomic E-state index is 0.764. The van der Waals surface area contributed by atoms with Gasteiger partial charge in [0.15, 0.2) is 4.96 Å². The average molecular weight is 237 g/mol. The highest BCUT2D eigenvalue weighted by molar-refractivity contribution is 7.15. The van der Waals surface area contributed by atoms with E-state index < -0.39 is 0 Å². The van der Waals surface area contributed by atoms with Crippen LogP contribution in [0.25, 0.3) is 4.96 Å². The molecule has 3 nitrogen and oxygen atoms in total. The number of imidazole rings is 1. The molecule has 1 N–H and O–H groups in total. The molecule has 88 valence electrons. The van der Waals surface area contributed by atoms with Gasteiger partial charge in [-0.3, -0.25) is 4.40 Å². The topological polar surface area (TPSA) is 29.3 Å². The van der Waals surface area contributed by atoms with Gasteiger partial charge in [-0.2, -0.15) is 0 Å². The Balaban J connectivity index is 1.98. The molecule has 2 rings (SSSR count). The molecule has 0 amide bonds. The molecule has 2 aromatic heterocycles. The molecule has 2 aromatic rings. The summed E-state index contributed by atoms with van der Waals surface area (Å²) < 4.78 is 2.18. The highest BCUT2D eigenvalue weighted by Gasteiger charge is 2.08. The SMILES string of the molecule is Cc1nc2sccn2c1CNCCC(C)C. The van der Waals surface area contributed by atoms with E-state index in [9.17, 15) is 0 Å². The summed E-state index contributed by atoms with van der Waals surface area (Å²) in [6, 6.07) is 0. The molecule has 0 atom stereocenters. The molecule has 0 saturated heterocycles. The molecule has 0 aliphatic rings. The van der Waals surface area contributed by atoms with Gasteiger partial charge in [0.05, 0.1) is 11.4 Å². The number of fused-ring (bicyclic) bond motifs is 1. The summed E-state index contributed by atoms with van der Waals surface area (Å²) in [5, 5.41) is 5.57. The molecule has 2 heterocycles. The lowest BCUT2D eigenvalue weighted by Gasteiger charge is -2.06. The van der Waals surface area contributed by atoms with Crippen LogP contribution in [0.2, 0.25) is 0 Å². The van der Waals surface area contributed by atoms with Gasteiger partial charge in [-0.25, -0.2) is 4.98 Å². The zero-order chi connectivity index (χ0) is 11.5. The first-order chi connectivity index (χ1) is 7.68. The van der Waals surface area contributed by atoms with Gasteiger partial charge in [0.2, 0.25) is 0 Å². The number of nitrogens with zero attached hydrogens (tertiary/aromatic N) is 2. The third kappa shape index (κ3) is 2.44. The molecule has 16 heavy (non-hydrogen) atoms. The summed E-state index contributed by atoms with van der Waals surface area (Å²) >= 11 is 1.69. The second-order valence-corrected chi connectivity index (χ2v) is 5.43. The van der Waals surface area contributed by atoms with Crippen LogP contribution < -0.4 is 5.32 Å². The van der Waals surface area contributed by atoms with Crippen LogP contribution in [0.1, 0.15) is 31.7 Å². The second-order valence-electron chi connectivity index (χ2n) is 4.56. The van der Waals surface area contributed by atoms with Crippen molar-refractivity contribution in [1.82, 2.24) is 14.7 Å². The number of rotatable bonds is 5. The van der Waals surface area contributed by atoms with Crippen molar-refractivity contribution in [1.29, 1.82) is 0 Å². The number of aryl methyl sites for hydroxylation is 1. The third-order valence-corrected chi connectivity index (χ3v) is 3.51. The highest BCUT2D eigenvalue weighted by Crippen LogP contribution is 2.16. The minimum Gasteiger partial charge on any atom is -0.311 e. The minimum atomic E-state index is 0.764. The first-order valence-corrected chi connectivity index (χ1v) is 6.68.